The van der Waals surface area contributed by atoms with E-state index in [1.807, 2.05) is 11.0 Å². The van der Waals surface area contributed by atoms with Gasteiger partial charge in [0.1, 0.15) is 17.8 Å². The fraction of sp³-hybridized carbons (Fsp3) is 0.421. The monoisotopic (exact) mass is 401 g/mol. The molecule has 1 atom stereocenters. The Balaban J connectivity index is 1.43. The Hall–Kier alpha value is -3.04. The molecule has 1 unspecified atom stereocenters. The fourth-order valence-electron chi connectivity index (χ4n) is 3.91. The number of pyridine rings is 1. The van der Waals surface area contributed by atoms with E-state index in [4.69, 9.17) is 0 Å². The fourth-order valence-corrected chi connectivity index (χ4v) is 3.91. The summed E-state index contributed by atoms with van der Waals surface area (Å²) in [5, 5.41) is 0.913. The Labute approximate surface area is 164 Å². The molecule has 4 heterocycles. The van der Waals surface area contributed by atoms with Crippen molar-refractivity contribution in [2.75, 3.05) is 22.9 Å². The van der Waals surface area contributed by atoms with Crippen LogP contribution in [0.2, 0.25) is 0 Å². The summed E-state index contributed by atoms with van der Waals surface area (Å²) < 4.78 is 39.4. The lowest BCUT2D eigenvalue weighted by Gasteiger charge is -2.29. The van der Waals surface area contributed by atoms with E-state index in [9.17, 15) is 13.2 Å². The standard InChI is InChI=1S/C19H18F3N7/c20-19(21,22)16-4-7-24-18(27-16)29(12-1-2-12)13-5-8-28(10-13)17-14-3-6-23-9-15(14)25-11-26-17/h3-4,6-7,9,11-13H,1-2,5,8,10H2. The summed E-state index contributed by atoms with van der Waals surface area (Å²) in [7, 11) is 0. The molecule has 0 radical (unpaired) electrons. The predicted molar refractivity (Wildman–Crippen MR) is 100 cm³/mol. The average molecular weight is 401 g/mol. The highest BCUT2D eigenvalue weighted by Gasteiger charge is 2.40. The Bertz CT molecular complexity index is 1030. The van der Waals surface area contributed by atoms with E-state index in [1.165, 1.54) is 12.5 Å². The molecule has 150 valence electrons. The molecule has 3 aromatic heterocycles. The highest BCUT2D eigenvalue weighted by Crippen LogP contribution is 2.37. The third-order valence-corrected chi connectivity index (χ3v) is 5.38. The van der Waals surface area contributed by atoms with E-state index in [-0.39, 0.29) is 18.0 Å². The molecule has 7 nitrogen and oxygen atoms in total. The molecule has 0 amide bonds. The van der Waals surface area contributed by atoms with Crippen molar-refractivity contribution < 1.29 is 13.2 Å². The predicted octanol–water partition coefficient (Wildman–Crippen LogP) is 3.08. The van der Waals surface area contributed by atoms with Gasteiger partial charge in [0.15, 0.2) is 0 Å². The van der Waals surface area contributed by atoms with Gasteiger partial charge in [0, 0.05) is 36.9 Å². The minimum atomic E-state index is -4.48. The topological polar surface area (TPSA) is 70.9 Å². The second-order valence-electron chi connectivity index (χ2n) is 7.36. The minimum absolute atomic E-state index is 0.0258. The number of anilines is 2. The lowest BCUT2D eigenvalue weighted by molar-refractivity contribution is -0.141. The van der Waals surface area contributed by atoms with Crippen LogP contribution in [0.1, 0.15) is 25.0 Å². The molecule has 2 fully saturated rings. The van der Waals surface area contributed by atoms with Gasteiger partial charge in [-0.15, -0.1) is 0 Å². The first-order valence-electron chi connectivity index (χ1n) is 9.49. The molecule has 1 saturated heterocycles. The summed E-state index contributed by atoms with van der Waals surface area (Å²) in [6, 6.07) is 3.01. The van der Waals surface area contributed by atoms with E-state index < -0.39 is 11.9 Å². The van der Waals surface area contributed by atoms with Gasteiger partial charge in [-0.25, -0.2) is 19.9 Å². The largest absolute Gasteiger partial charge is 0.433 e. The number of nitrogens with zero attached hydrogens (tertiary/aromatic N) is 7. The van der Waals surface area contributed by atoms with Crippen LogP contribution in [-0.2, 0) is 6.18 Å². The number of hydrogen-bond acceptors (Lipinski definition) is 7. The van der Waals surface area contributed by atoms with Crippen molar-refractivity contribution >= 4 is 22.7 Å². The molecule has 0 aromatic carbocycles. The second kappa shape index (κ2) is 6.78. The van der Waals surface area contributed by atoms with Gasteiger partial charge in [0.05, 0.1) is 17.8 Å². The Morgan fingerprint density at radius 1 is 1.00 bits per heavy atom. The Morgan fingerprint density at radius 2 is 1.86 bits per heavy atom. The maximum atomic E-state index is 13.1. The van der Waals surface area contributed by atoms with Crippen LogP contribution in [-0.4, -0.2) is 50.1 Å². The smallest absolute Gasteiger partial charge is 0.354 e. The van der Waals surface area contributed by atoms with Gasteiger partial charge in [-0.2, -0.15) is 13.2 Å². The van der Waals surface area contributed by atoms with Gasteiger partial charge in [0.25, 0.3) is 0 Å². The van der Waals surface area contributed by atoms with Gasteiger partial charge < -0.3 is 9.80 Å². The number of halogens is 3. The van der Waals surface area contributed by atoms with E-state index in [0.717, 1.165) is 48.6 Å². The van der Waals surface area contributed by atoms with Crippen LogP contribution in [0.3, 0.4) is 0 Å². The van der Waals surface area contributed by atoms with Gasteiger partial charge in [-0.1, -0.05) is 0 Å². The number of fused-ring (bicyclic) bond motifs is 1. The summed E-state index contributed by atoms with van der Waals surface area (Å²) in [4.78, 5) is 24.9. The molecule has 0 N–H and O–H groups in total. The van der Waals surface area contributed by atoms with Crippen LogP contribution in [0.5, 0.6) is 0 Å². The third-order valence-electron chi connectivity index (χ3n) is 5.38. The van der Waals surface area contributed by atoms with Crippen LogP contribution < -0.4 is 9.80 Å². The summed E-state index contributed by atoms with van der Waals surface area (Å²) in [6.07, 6.45) is 4.31. The lowest BCUT2D eigenvalue weighted by atomic mass is 10.2. The van der Waals surface area contributed by atoms with Crippen LogP contribution in [0, 0.1) is 0 Å². The molecule has 10 heteroatoms. The number of aromatic nitrogens is 5. The van der Waals surface area contributed by atoms with Crippen LogP contribution >= 0.6 is 0 Å². The quantitative estimate of drug-likeness (QED) is 0.665. The molecule has 1 aliphatic carbocycles. The van der Waals surface area contributed by atoms with Crippen molar-refractivity contribution in [3.8, 4) is 0 Å². The van der Waals surface area contributed by atoms with Gasteiger partial charge in [0.2, 0.25) is 5.95 Å². The molecule has 0 spiro atoms. The lowest BCUT2D eigenvalue weighted by Crippen LogP contribution is -2.41. The van der Waals surface area contributed by atoms with Crippen LogP contribution in [0.4, 0.5) is 24.9 Å². The molecular weight excluding hydrogens is 383 g/mol. The SMILES string of the molecule is FC(F)(F)c1ccnc(N(C2CC2)C2CCN(c3ncnc4cnccc34)C2)n1. The van der Waals surface area contributed by atoms with E-state index in [1.54, 1.807) is 12.4 Å². The number of alkyl halides is 3. The normalized spacial score (nSPS) is 19.7. The van der Waals surface area contributed by atoms with E-state index in [0.29, 0.717) is 6.54 Å². The van der Waals surface area contributed by atoms with Crippen molar-refractivity contribution in [1.82, 2.24) is 24.9 Å². The van der Waals surface area contributed by atoms with Crippen molar-refractivity contribution in [3.63, 3.8) is 0 Å². The van der Waals surface area contributed by atoms with E-state index in [2.05, 4.69) is 29.8 Å². The molecule has 3 aromatic rings. The number of hydrogen-bond donors (Lipinski definition) is 0. The molecule has 2 aliphatic rings. The van der Waals surface area contributed by atoms with Crippen molar-refractivity contribution in [1.29, 1.82) is 0 Å². The highest BCUT2D eigenvalue weighted by molar-refractivity contribution is 5.88. The summed E-state index contributed by atoms with van der Waals surface area (Å²) in [5.41, 5.74) is -0.140. The Morgan fingerprint density at radius 3 is 2.66 bits per heavy atom. The molecular formula is C19H18F3N7. The summed E-state index contributed by atoms with van der Waals surface area (Å²) in [6.45, 7) is 1.39. The first-order chi connectivity index (χ1) is 14.0. The first-order valence-corrected chi connectivity index (χ1v) is 9.49. The molecule has 0 bridgehead atoms. The van der Waals surface area contributed by atoms with Crippen molar-refractivity contribution in [2.24, 2.45) is 0 Å². The van der Waals surface area contributed by atoms with Crippen molar-refractivity contribution in [3.05, 3.63) is 42.7 Å². The summed E-state index contributed by atoms with van der Waals surface area (Å²) >= 11 is 0. The van der Waals surface area contributed by atoms with Gasteiger partial charge in [-0.05, 0) is 31.4 Å². The number of rotatable bonds is 4. The molecule has 5 rings (SSSR count). The zero-order chi connectivity index (χ0) is 20.0. The maximum Gasteiger partial charge on any atom is 0.433 e. The molecule has 29 heavy (non-hydrogen) atoms. The third kappa shape index (κ3) is 3.43. The highest BCUT2D eigenvalue weighted by atomic mass is 19.4. The zero-order valence-corrected chi connectivity index (χ0v) is 15.4. The zero-order valence-electron chi connectivity index (χ0n) is 15.4. The van der Waals surface area contributed by atoms with Gasteiger partial charge in [-0.3, -0.25) is 4.98 Å². The Kier molecular flexibility index (Phi) is 4.21. The van der Waals surface area contributed by atoms with E-state index >= 15 is 0 Å². The molecule has 1 saturated carbocycles. The summed E-state index contributed by atoms with van der Waals surface area (Å²) in [5.74, 6) is 0.978. The average Bonchev–Trinajstić information content (AvgIpc) is 3.43. The minimum Gasteiger partial charge on any atom is -0.354 e. The first kappa shape index (κ1) is 18.0. The maximum absolute atomic E-state index is 13.1. The van der Waals surface area contributed by atoms with Crippen LogP contribution in [0.15, 0.2) is 37.1 Å². The van der Waals surface area contributed by atoms with Crippen LogP contribution in [0.25, 0.3) is 10.9 Å². The second-order valence-corrected chi connectivity index (χ2v) is 7.36. The van der Waals surface area contributed by atoms with Crippen molar-refractivity contribution in [2.45, 2.75) is 37.5 Å². The molecule has 1 aliphatic heterocycles. The van der Waals surface area contributed by atoms with Gasteiger partial charge >= 0.3 is 6.18 Å².